The van der Waals surface area contributed by atoms with E-state index in [1.165, 1.54) is 12.1 Å². The number of nitrogens with zero attached hydrogens (tertiary/aromatic N) is 2. The van der Waals surface area contributed by atoms with Gasteiger partial charge in [-0.25, -0.2) is 18.0 Å². The third-order valence-electron chi connectivity index (χ3n) is 5.37. The number of aliphatic hydroxyl groups excluding tert-OH is 1. The minimum atomic E-state index is -3.43. The molecule has 16 heteroatoms. The highest BCUT2D eigenvalue weighted by atomic mass is 31.1. The molecular formula is C21H25F3N3O9P. The molecule has 0 bridgehead atoms. The average Bonchev–Trinajstić information content (AvgIpc) is 3.06. The third kappa shape index (κ3) is 6.87. The molecule has 1 saturated heterocycles. The van der Waals surface area contributed by atoms with Gasteiger partial charge in [-0.1, -0.05) is 23.0 Å². The first-order valence-electron chi connectivity index (χ1n) is 10.9. The lowest BCUT2D eigenvalue weighted by Crippen LogP contribution is -2.44. The van der Waals surface area contributed by atoms with Crippen LogP contribution in [0.3, 0.4) is 0 Å². The van der Waals surface area contributed by atoms with Gasteiger partial charge in [0.1, 0.15) is 24.0 Å². The molecule has 1 unspecified atom stereocenters. The standard InChI is InChI=1S/C21H25F3N3O9P/c1-12(18(30)33-11-15(22)23)27(37(32)36-13-6-4-3-5-7-13)34-10-14-17(29)21(2,24)19(35-14)26-9-8-16(28)25-20(26)31/h3-9,12,14-15,17,19,29,37H,10-11H2,1-2H3,(H,25,28,31)/t12-,14+,17+,19+,21+/m0/s1. The number of aromatic nitrogens is 2. The molecule has 1 aliphatic rings. The number of rotatable bonds is 11. The van der Waals surface area contributed by atoms with Crippen LogP contribution in [0.25, 0.3) is 0 Å². The summed E-state index contributed by atoms with van der Waals surface area (Å²) < 4.78 is 69.3. The van der Waals surface area contributed by atoms with Crippen LogP contribution >= 0.6 is 8.18 Å². The molecule has 2 N–H and O–H groups in total. The van der Waals surface area contributed by atoms with Crippen molar-refractivity contribution in [3.05, 3.63) is 63.4 Å². The van der Waals surface area contributed by atoms with E-state index < -0.39 is 75.2 Å². The number of carbonyl (C=O) groups excluding carboxylic acids is 1. The summed E-state index contributed by atoms with van der Waals surface area (Å²) in [7, 11) is -3.43. The predicted octanol–water partition coefficient (Wildman–Crippen LogP) is 1.42. The maximum atomic E-state index is 15.4. The largest absolute Gasteiger partial charge is 0.458 e. The van der Waals surface area contributed by atoms with Gasteiger partial charge in [-0.15, -0.1) is 0 Å². The Morgan fingerprint density at radius 1 is 1.30 bits per heavy atom. The Kier molecular flexibility index (Phi) is 9.31. The molecular weight excluding hydrogens is 526 g/mol. The van der Waals surface area contributed by atoms with E-state index in [1.807, 2.05) is 4.98 Å². The molecule has 2 aromatic rings. The Labute approximate surface area is 208 Å². The third-order valence-corrected chi connectivity index (χ3v) is 6.66. The van der Waals surface area contributed by atoms with Gasteiger partial charge in [0.25, 0.3) is 12.0 Å². The van der Waals surface area contributed by atoms with Gasteiger partial charge >= 0.3 is 19.8 Å². The van der Waals surface area contributed by atoms with Crippen LogP contribution in [0, 0.1) is 0 Å². The van der Waals surface area contributed by atoms with Crippen LogP contribution in [0.2, 0.25) is 0 Å². The van der Waals surface area contributed by atoms with Crippen molar-refractivity contribution in [2.24, 2.45) is 0 Å². The molecule has 12 nitrogen and oxygen atoms in total. The van der Waals surface area contributed by atoms with E-state index in [4.69, 9.17) is 14.1 Å². The number of H-pyrrole nitrogens is 1. The molecule has 1 fully saturated rings. The van der Waals surface area contributed by atoms with E-state index >= 15 is 4.39 Å². The summed E-state index contributed by atoms with van der Waals surface area (Å²) in [5, 5.41) is 10.5. The van der Waals surface area contributed by atoms with Crippen LogP contribution in [0.4, 0.5) is 13.2 Å². The minimum absolute atomic E-state index is 0.138. The van der Waals surface area contributed by atoms with E-state index in [1.54, 1.807) is 18.2 Å². The molecule has 3 rings (SSSR count). The average molecular weight is 551 g/mol. The summed E-state index contributed by atoms with van der Waals surface area (Å²) >= 11 is 0. The van der Waals surface area contributed by atoms with E-state index in [2.05, 4.69) is 4.74 Å². The van der Waals surface area contributed by atoms with Gasteiger partial charge < -0.3 is 19.1 Å². The number of hydrogen-bond donors (Lipinski definition) is 2. The van der Waals surface area contributed by atoms with Crippen LogP contribution in [0.1, 0.15) is 20.1 Å². The van der Waals surface area contributed by atoms with Crippen LogP contribution in [-0.2, 0) is 23.7 Å². The van der Waals surface area contributed by atoms with E-state index in [0.717, 1.165) is 30.7 Å². The molecule has 2 heterocycles. The van der Waals surface area contributed by atoms with Crippen molar-refractivity contribution in [3.63, 3.8) is 0 Å². The zero-order valence-corrected chi connectivity index (χ0v) is 20.6. The number of aromatic amines is 1. The molecule has 1 aromatic heterocycles. The molecule has 37 heavy (non-hydrogen) atoms. The Balaban J connectivity index is 1.78. The topological polar surface area (TPSA) is 149 Å². The van der Waals surface area contributed by atoms with Crippen molar-refractivity contribution in [2.45, 2.75) is 50.4 Å². The summed E-state index contributed by atoms with van der Waals surface area (Å²) in [5.41, 5.74) is -4.27. The summed E-state index contributed by atoms with van der Waals surface area (Å²) in [6.07, 6.45) is -6.98. The molecule has 1 aliphatic heterocycles. The molecule has 0 radical (unpaired) electrons. The van der Waals surface area contributed by atoms with Crippen molar-refractivity contribution < 1.29 is 46.5 Å². The lowest BCUT2D eigenvalue weighted by Gasteiger charge is -2.27. The molecule has 1 aromatic carbocycles. The lowest BCUT2D eigenvalue weighted by atomic mass is 9.98. The van der Waals surface area contributed by atoms with E-state index in [0.29, 0.717) is 4.83 Å². The first-order chi connectivity index (χ1) is 17.4. The second kappa shape index (κ2) is 12.0. The van der Waals surface area contributed by atoms with Crippen molar-refractivity contribution in [2.75, 3.05) is 13.2 Å². The number of hydroxylamine groups is 1. The number of esters is 1. The second-order valence-electron chi connectivity index (χ2n) is 8.14. The van der Waals surface area contributed by atoms with Gasteiger partial charge in [0.05, 0.1) is 6.61 Å². The fourth-order valence-corrected chi connectivity index (χ4v) is 4.46. The van der Waals surface area contributed by atoms with Crippen molar-refractivity contribution >= 4 is 14.1 Å². The Morgan fingerprint density at radius 2 is 1.97 bits per heavy atom. The molecule has 0 aliphatic carbocycles. The highest BCUT2D eigenvalue weighted by Crippen LogP contribution is 2.41. The normalized spacial score (nSPS) is 25.2. The first kappa shape index (κ1) is 28.6. The van der Waals surface area contributed by atoms with Gasteiger partial charge in [-0.3, -0.25) is 28.5 Å². The molecule has 204 valence electrons. The smallest absolute Gasteiger partial charge is 0.331 e. The fourth-order valence-electron chi connectivity index (χ4n) is 3.43. The minimum Gasteiger partial charge on any atom is -0.458 e. The number of benzene rings is 1. The van der Waals surface area contributed by atoms with E-state index in [9.17, 15) is 32.8 Å². The fraction of sp³-hybridized carbons (Fsp3) is 0.476. The number of nitrogens with one attached hydrogen (secondary N) is 1. The van der Waals surface area contributed by atoms with Crippen molar-refractivity contribution in [1.82, 2.24) is 14.4 Å². The number of carbonyl (C=O) groups is 1. The SMILES string of the molecule is C[C@@H](C(=O)OCC(F)F)N(OC[C@H]1O[C@@H](n2ccc(=O)[nH]c2=O)[C@](C)(F)[C@@H]1O)[PH](=O)Oc1ccccc1. The lowest BCUT2D eigenvalue weighted by molar-refractivity contribution is -0.183. The highest BCUT2D eigenvalue weighted by Gasteiger charge is 2.55. The van der Waals surface area contributed by atoms with Crippen LogP contribution in [0.15, 0.2) is 52.2 Å². The number of para-hydroxylation sites is 1. The van der Waals surface area contributed by atoms with Crippen LogP contribution in [-0.4, -0.2) is 69.0 Å². The van der Waals surface area contributed by atoms with Crippen molar-refractivity contribution in [3.8, 4) is 5.75 Å². The van der Waals surface area contributed by atoms with Crippen LogP contribution in [0.5, 0.6) is 5.75 Å². The zero-order chi connectivity index (χ0) is 27.3. The Hall–Kier alpha value is -2.97. The highest BCUT2D eigenvalue weighted by molar-refractivity contribution is 7.36. The Bertz CT molecular complexity index is 1210. The second-order valence-corrected chi connectivity index (χ2v) is 9.32. The summed E-state index contributed by atoms with van der Waals surface area (Å²) in [6.45, 7) is 0.204. The molecule has 0 spiro atoms. The maximum absolute atomic E-state index is 15.4. The van der Waals surface area contributed by atoms with Gasteiger partial charge in [0, 0.05) is 12.3 Å². The first-order valence-corrected chi connectivity index (χ1v) is 12.2. The Morgan fingerprint density at radius 3 is 2.59 bits per heavy atom. The quantitative estimate of drug-likeness (QED) is 0.239. The van der Waals surface area contributed by atoms with Crippen molar-refractivity contribution in [1.29, 1.82) is 0 Å². The summed E-state index contributed by atoms with van der Waals surface area (Å²) in [4.78, 5) is 43.6. The van der Waals surface area contributed by atoms with E-state index in [-0.39, 0.29) is 5.75 Å². The summed E-state index contributed by atoms with van der Waals surface area (Å²) in [5.74, 6) is -1.07. The maximum Gasteiger partial charge on any atom is 0.331 e. The number of alkyl halides is 3. The zero-order valence-electron chi connectivity index (χ0n) is 19.6. The molecule has 6 atom stereocenters. The van der Waals surface area contributed by atoms with Crippen LogP contribution < -0.4 is 15.8 Å². The number of hydrogen-bond acceptors (Lipinski definition) is 9. The number of ether oxygens (including phenoxy) is 2. The van der Waals surface area contributed by atoms with Gasteiger partial charge in [-0.2, -0.15) is 0 Å². The molecule has 0 saturated carbocycles. The summed E-state index contributed by atoms with van der Waals surface area (Å²) in [6, 6.07) is 7.19. The predicted molar refractivity (Wildman–Crippen MR) is 121 cm³/mol. The van der Waals surface area contributed by atoms with Gasteiger partial charge in [0.15, 0.2) is 18.5 Å². The number of aliphatic hydroxyl groups is 1. The monoisotopic (exact) mass is 551 g/mol. The number of halogens is 3. The molecule has 0 amide bonds. The van der Waals surface area contributed by atoms with Gasteiger partial charge in [0.2, 0.25) is 0 Å². The van der Waals surface area contributed by atoms with Gasteiger partial charge in [-0.05, 0) is 26.0 Å².